The first kappa shape index (κ1) is 20.6. The number of carbonyl (C=O) groups excluding carboxylic acids is 1. The van der Waals surface area contributed by atoms with Gasteiger partial charge in [-0.25, -0.2) is 0 Å². The van der Waals surface area contributed by atoms with Gasteiger partial charge in [-0.1, -0.05) is 32.0 Å². The molecule has 0 saturated heterocycles. The van der Waals surface area contributed by atoms with Crippen LogP contribution in [0.15, 0.2) is 36.4 Å². The number of H-pyrrole nitrogens is 1. The molecule has 0 spiro atoms. The fraction of sp³-hybridized carbons (Fsp3) is 0.348. The van der Waals surface area contributed by atoms with Gasteiger partial charge < -0.3 is 24.5 Å². The van der Waals surface area contributed by atoms with Crippen molar-refractivity contribution in [2.45, 2.75) is 26.2 Å². The van der Waals surface area contributed by atoms with Gasteiger partial charge in [-0.15, -0.1) is 0 Å². The molecule has 2 N–H and O–H groups in total. The highest BCUT2D eigenvalue weighted by atomic mass is 16.5. The molecule has 0 radical (unpaired) electrons. The van der Waals surface area contributed by atoms with Crippen molar-refractivity contribution in [1.82, 2.24) is 10.3 Å². The van der Waals surface area contributed by atoms with E-state index in [4.69, 9.17) is 14.2 Å². The molecule has 1 amide bonds. The van der Waals surface area contributed by atoms with E-state index in [1.807, 2.05) is 12.1 Å². The Kier molecular flexibility index (Phi) is 5.73. The molecule has 1 aromatic heterocycles. The number of carbonyl (C=O) groups is 1. The average Bonchev–Trinajstić information content (AvgIpc) is 3.07. The minimum Gasteiger partial charge on any atom is -0.493 e. The number of hydrogen-bond acceptors (Lipinski definition) is 4. The van der Waals surface area contributed by atoms with Crippen LogP contribution < -0.4 is 19.5 Å². The number of aromatic nitrogens is 1. The zero-order valence-electron chi connectivity index (χ0n) is 17.8. The Hall–Kier alpha value is -3.15. The molecule has 29 heavy (non-hydrogen) atoms. The normalized spacial score (nSPS) is 11.4. The Bertz CT molecular complexity index is 1010. The summed E-state index contributed by atoms with van der Waals surface area (Å²) < 4.78 is 16.0. The summed E-state index contributed by atoms with van der Waals surface area (Å²) in [5.41, 5.74) is 3.60. The van der Waals surface area contributed by atoms with Crippen molar-refractivity contribution in [2.24, 2.45) is 0 Å². The van der Waals surface area contributed by atoms with E-state index in [-0.39, 0.29) is 11.3 Å². The van der Waals surface area contributed by atoms with Crippen molar-refractivity contribution in [3.8, 4) is 17.2 Å². The number of amides is 1. The molecular formula is C23H28N2O4. The lowest BCUT2D eigenvalue weighted by molar-refractivity contribution is 0.0945. The summed E-state index contributed by atoms with van der Waals surface area (Å²) in [5, 5.41) is 4.23. The molecule has 1 heterocycles. The number of para-hydroxylation sites is 1. The molecule has 2 aromatic carbocycles. The third-order valence-electron chi connectivity index (χ3n) is 5.19. The molecule has 0 aliphatic carbocycles. The zero-order chi connectivity index (χ0) is 21.2. The van der Waals surface area contributed by atoms with Gasteiger partial charge in [-0.05, 0) is 30.7 Å². The average molecular weight is 396 g/mol. The SMILES string of the molecule is COc1cc(C(=O)NCC(C)(C)c2c(C)[nH]c3ccccc23)cc(OC)c1OC. The van der Waals surface area contributed by atoms with Crippen molar-refractivity contribution >= 4 is 16.8 Å². The lowest BCUT2D eigenvalue weighted by Crippen LogP contribution is -2.37. The Morgan fingerprint density at radius 3 is 2.24 bits per heavy atom. The molecular weight excluding hydrogens is 368 g/mol. The number of hydrogen-bond donors (Lipinski definition) is 2. The van der Waals surface area contributed by atoms with Gasteiger partial charge in [-0.3, -0.25) is 4.79 Å². The molecule has 0 atom stereocenters. The van der Waals surface area contributed by atoms with E-state index in [1.165, 1.54) is 32.3 Å². The van der Waals surface area contributed by atoms with Crippen LogP contribution in [0.3, 0.4) is 0 Å². The van der Waals surface area contributed by atoms with E-state index in [0.29, 0.717) is 29.4 Å². The number of nitrogens with one attached hydrogen (secondary N) is 2. The molecule has 0 fully saturated rings. The Balaban J connectivity index is 1.85. The number of ether oxygens (including phenoxy) is 3. The second-order valence-electron chi connectivity index (χ2n) is 7.65. The lowest BCUT2D eigenvalue weighted by Gasteiger charge is -2.26. The van der Waals surface area contributed by atoms with Gasteiger partial charge >= 0.3 is 0 Å². The topological polar surface area (TPSA) is 72.6 Å². The van der Waals surface area contributed by atoms with Crippen LogP contribution in [-0.2, 0) is 5.41 Å². The first-order valence-corrected chi connectivity index (χ1v) is 9.48. The summed E-state index contributed by atoms with van der Waals surface area (Å²) in [7, 11) is 4.59. The van der Waals surface area contributed by atoms with Crippen LogP contribution in [0.25, 0.3) is 10.9 Å². The van der Waals surface area contributed by atoms with Crippen LogP contribution in [0, 0.1) is 6.92 Å². The second kappa shape index (κ2) is 8.07. The maximum Gasteiger partial charge on any atom is 0.251 e. The second-order valence-corrected chi connectivity index (χ2v) is 7.65. The van der Waals surface area contributed by atoms with E-state index < -0.39 is 0 Å². The molecule has 0 bridgehead atoms. The summed E-state index contributed by atoms with van der Waals surface area (Å²) in [6.45, 7) is 6.81. The van der Waals surface area contributed by atoms with Gasteiger partial charge in [-0.2, -0.15) is 0 Å². The first-order valence-electron chi connectivity index (χ1n) is 9.48. The van der Waals surface area contributed by atoms with Crippen LogP contribution in [0.2, 0.25) is 0 Å². The van der Waals surface area contributed by atoms with Crippen LogP contribution in [0.1, 0.15) is 35.5 Å². The first-order chi connectivity index (χ1) is 13.8. The summed E-state index contributed by atoms with van der Waals surface area (Å²) in [4.78, 5) is 16.3. The van der Waals surface area contributed by atoms with Crippen molar-refractivity contribution in [2.75, 3.05) is 27.9 Å². The standard InChI is InChI=1S/C23H28N2O4/c1-14-20(16-9-7-8-10-17(16)25-14)23(2,3)13-24-22(26)15-11-18(27-4)21(29-6)19(12-15)28-5/h7-12,25H,13H2,1-6H3,(H,24,26). The molecule has 6 nitrogen and oxygen atoms in total. The molecule has 0 saturated carbocycles. The number of aromatic amines is 1. The Morgan fingerprint density at radius 2 is 1.66 bits per heavy atom. The molecule has 6 heteroatoms. The van der Waals surface area contributed by atoms with Gasteiger partial charge in [0.25, 0.3) is 5.91 Å². The van der Waals surface area contributed by atoms with Gasteiger partial charge in [0, 0.05) is 34.1 Å². The van der Waals surface area contributed by atoms with E-state index in [9.17, 15) is 4.79 Å². The van der Waals surface area contributed by atoms with Crippen LogP contribution in [0.4, 0.5) is 0 Å². The maximum absolute atomic E-state index is 12.9. The highest BCUT2D eigenvalue weighted by Gasteiger charge is 2.27. The van der Waals surface area contributed by atoms with Crippen molar-refractivity contribution in [3.05, 3.63) is 53.2 Å². The van der Waals surface area contributed by atoms with E-state index in [2.05, 4.69) is 43.2 Å². The third kappa shape index (κ3) is 3.88. The summed E-state index contributed by atoms with van der Waals surface area (Å²) in [5.74, 6) is 1.16. The van der Waals surface area contributed by atoms with Gasteiger partial charge in [0.1, 0.15) is 0 Å². The van der Waals surface area contributed by atoms with E-state index >= 15 is 0 Å². The van der Waals surface area contributed by atoms with Crippen molar-refractivity contribution < 1.29 is 19.0 Å². The van der Waals surface area contributed by atoms with Gasteiger partial charge in [0.15, 0.2) is 11.5 Å². The van der Waals surface area contributed by atoms with Crippen molar-refractivity contribution in [1.29, 1.82) is 0 Å². The monoisotopic (exact) mass is 396 g/mol. The summed E-state index contributed by atoms with van der Waals surface area (Å²) in [6, 6.07) is 11.5. The minimum atomic E-state index is -0.264. The molecule has 154 valence electrons. The summed E-state index contributed by atoms with van der Waals surface area (Å²) >= 11 is 0. The molecule has 0 unspecified atom stereocenters. The number of rotatable bonds is 7. The highest BCUT2D eigenvalue weighted by Crippen LogP contribution is 2.38. The highest BCUT2D eigenvalue weighted by molar-refractivity contribution is 5.96. The Morgan fingerprint density at radius 1 is 1.03 bits per heavy atom. The molecule has 3 rings (SSSR count). The largest absolute Gasteiger partial charge is 0.493 e. The van der Waals surface area contributed by atoms with Crippen LogP contribution >= 0.6 is 0 Å². The predicted octanol–water partition coefficient (Wildman–Crippen LogP) is 4.21. The Labute approximate surface area is 171 Å². The maximum atomic E-state index is 12.9. The van der Waals surface area contributed by atoms with Crippen LogP contribution in [-0.4, -0.2) is 38.8 Å². The lowest BCUT2D eigenvalue weighted by atomic mass is 9.82. The van der Waals surface area contributed by atoms with Gasteiger partial charge in [0.05, 0.1) is 21.3 Å². The number of fused-ring (bicyclic) bond motifs is 1. The summed E-state index contributed by atoms with van der Waals surface area (Å²) in [6.07, 6.45) is 0. The zero-order valence-corrected chi connectivity index (χ0v) is 17.8. The molecule has 3 aromatic rings. The predicted molar refractivity (Wildman–Crippen MR) is 114 cm³/mol. The minimum absolute atomic E-state index is 0.199. The number of aryl methyl sites for hydroxylation is 1. The van der Waals surface area contributed by atoms with E-state index in [1.54, 1.807) is 12.1 Å². The third-order valence-corrected chi connectivity index (χ3v) is 5.19. The van der Waals surface area contributed by atoms with Crippen molar-refractivity contribution in [3.63, 3.8) is 0 Å². The van der Waals surface area contributed by atoms with Crippen LogP contribution in [0.5, 0.6) is 17.2 Å². The fourth-order valence-electron chi connectivity index (χ4n) is 3.85. The quantitative estimate of drug-likeness (QED) is 0.627. The van der Waals surface area contributed by atoms with E-state index in [0.717, 1.165) is 11.2 Å². The van der Waals surface area contributed by atoms with Gasteiger partial charge in [0.2, 0.25) is 5.75 Å². The fourth-order valence-corrected chi connectivity index (χ4v) is 3.85. The number of methoxy groups -OCH3 is 3. The number of benzene rings is 2. The molecule has 0 aliphatic heterocycles. The molecule has 0 aliphatic rings. The smallest absolute Gasteiger partial charge is 0.251 e.